The molecule has 0 spiro atoms. The third-order valence-corrected chi connectivity index (χ3v) is 6.10. The quantitative estimate of drug-likeness (QED) is 0.514. The molecule has 2 fully saturated rings. The van der Waals surface area contributed by atoms with E-state index in [0.29, 0.717) is 0 Å². The summed E-state index contributed by atoms with van der Waals surface area (Å²) in [6.45, 7) is 0. The van der Waals surface area contributed by atoms with Crippen LogP contribution in [0.25, 0.3) is 0 Å². The zero-order valence-electron chi connectivity index (χ0n) is 10.3. The Labute approximate surface area is 96.5 Å². The normalized spacial score (nSPS) is 36.4. The summed E-state index contributed by atoms with van der Waals surface area (Å²) in [4.78, 5) is 0. The molecule has 1 aliphatic heterocycles. The number of hydrogen-bond donors (Lipinski definition) is 2. The van der Waals surface area contributed by atoms with E-state index in [4.69, 9.17) is 0 Å². The molecule has 2 atom stereocenters. The first-order valence-electron chi connectivity index (χ1n) is 6.34. The molecule has 1 aliphatic carbocycles. The lowest BCUT2D eigenvalue weighted by Gasteiger charge is -2.54. The van der Waals surface area contributed by atoms with Gasteiger partial charge in [-0.15, -0.1) is 0 Å². The lowest BCUT2D eigenvalue weighted by Crippen LogP contribution is -2.71. The molecule has 2 rings (SSSR count). The summed E-state index contributed by atoms with van der Waals surface area (Å²) in [5, 5.41) is 7.00. The van der Waals surface area contributed by atoms with E-state index < -0.39 is 0 Å². The summed E-state index contributed by atoms with van der Waals surface area (Å²) < 4.78 is 2.68. The number of fused-ring (bicyclic) bond motifs is 1. The van der Waals surface area contributed by atoms with Gasteiger partial charge in [0, 0.05) is 6.04 Å². The zero-order valence-corrected chi connectivity index (χ0v) is 12.3. The van der Waals surface area contributed by atoms with E-state index in [-0.39, 0.29) is 5.79 Å². The second kappa shape index (κ2) is 4.53. The maximum Gasteiger partial charge on any atom is 0.119 e. The van der Waals surface area contributed by atoms with Gasteiger partial charge in [0.1, 0.15) is 5.79 Å². The van der Waals surface area contributed by atoms with Crippen molar-refractivity contribution in [2.75, 3.05) is 14.1 Å². The van der Waals surface area contributed by atoms with Gasteiger partial charge >= 0.3 is 0 Å². The fraction of sp³-hybridized carbons (Fsp3) is 1.00. The highest BCUT2D eigenvalue weighted by atomic mass is 28.2. The standard InChI is InChI=1S/C11H25N3Si/c1-12-11(13-2)8-7-9-5-3-4-6-10(9)14(11)15/h9-10,12-13H,3-8H2,1-2,15H3. The molecule has 1 heterocycles. The summed E-state index contributed by atoms with van der Waals surface area (Å²) in [5.74, 6) is 1.08. The van der Waals surface area contributed by atoms with Crippen molar-refractivity contribution in [3.05, 3.63) is 0 Å². The molecule has 0 radical (unpaired) electrons. The Kier molecular flexibility index (Phi) is 3.50. The van der Waals surface area contributed by atoms with Gasteiger partial charge in [-0.1, -0.05) is 12.8 Å². The molecule has 2 aliphatic rings. The summed E-state index contributed by atoms with van der Waals surface area (Å²) in [6, 6.07) is 0.846. The van der Waals surface area contributed by atoms with Gasteiger partial charge in [0.05, 0.1) is 10.4 Å². The zero-order chi connectivity index (χ0) is 10.9. The Balaban J connectivity index is 2.13. The van der Waals surface area contributed by atoms with Crippen LogP contribution in [-0.2, 0) is 0 Å². The second-order valence-corrected chi connectivity index (χ2v) is 6.09. The Hall–Kier alpha value is 0.0969. The van der Waals surface area contributed by atoms with E-state index in [0.717, 1.165) is 22.4 Å². The number of hydrogen-bond acceptors (Lipinski definition) is 3. The molecule has 3 nitrogen and oxygen atoms in total. The first-order chi connectivity index (χ1) is 7.23. The van der Waals surface area contributed by atoms with E-state index >= 15 is 0 Å². The molecule has 0 amide bonds. The van der Waals surface area contributed by atoms with Crippen LogP contribution in [0.1, 0.15) is 38.5 Å². The molecule has 2 N–H and O–H groups in total. The second-order valence-electron chi connectivity index (χ2n) is 5.12. The number of nitrogens with zero attached hydrogens (tertiary/aromatic N) is 1. The van der Waals surface area contributed by atoms with Crippen LogP contribution in [-0.4, -0.2) is 40.9 Å². The van der Waals surface area contributed by atoms with E-state index in [1.54, 1.807) is 0 Å². The molecule has 2 unspecified atom stereocenters. The maximum absolute atomic E-state index is 3.50. The molecular formula is C11H25N3Si. The number of rotatable bonds is 2. The predicted molar refractivity (Wildman–Crippen MR) is 67.6 cm³/mol. The van der Waals surface area contributed by atoms with Gasteiger partial charge in [0.25, 0.3) is 0 Å². The van der Waals surface area contributed by atoms with E-state index in [1.807, 2.05) is 0 Å². The Morgan fingerprint density at radius 2 is 1.80 bits per heavy atom. The van der Waals surface area contributed by atoms with Crippen molar-refractivity contribution in [2.24, 2.45) is 5.92 Å². The van der Waals surface area contributed by atoms with Crippen LogP contribution in [0.3, 0.4) is 0 Å². The third kappa shape index (κ3) is 1.88. The van der Waals surface area contributed by atoms with E-state index in [9.17, 15) is 0 Å². The molecular weight excluding hydrogens is 202 g/mol. The fourth-order valence-electron chi connectivity index (χ4n) is 3.62. The Morgan fingerprint density at radius 3 is 2.47 bits per heavy atom. The van der Waals surface area contributed by atoms with Crippen LogP contribution < -0.4 is 10.6 Å². The molecule has 0 aromatic carbocycles. The van der Waals surface area contributed by atoms with Crippen molar-refractivity contribution >= 4 is 10.4 Å². The van der Waals surface area contributed by atoms with Gasteiger partial charge in [-0.3, -0.25) is 10.6 Å². The minimum Gasteiger partial charge on any atom is -0.301 e. The topological polar surface area (TPSA) is 27.3 Å². The van der Waals surface area contributed by atoms with Gasteiger partial charge in [-0.2, -0.15) is 0 Å². The molecule has 88 valence electrons. The monoisotopic (exact) mass is 227 g/mol. The summed E-state index contributed by atoms with van der Waals surface area (Å²) in [7, 11) is 5.33. The van der Waals surface area contributed by atoms with Crippen LogP contribution in [0, 0.1) is 5.92 Å². The Bertz CT molecular complexity index is 218. The van der Waals surface area contributed by atoms with Crippen LogP contribution in [0.5, 0.6) is 0 Å². The largest absolute Gasteiger partial charge is 0.301 e. The van der Waals surface area contributed by atoms with Crippen LogP contribution in [0.15, 0.2) is 0 Å². The highest BCUT2D eigenvalue weighted by molar-refractivity contribution is 6.05. The summed E-state index contributed by atoms with van der Waals surface area (Å²) in [5.41, 5.74) is 0. The van der Waals surface area contributed by atoms with Crippen LogP contribution >= 0.6 is 0 Å². The fourth-order valence-corrected chi connectivity index (χ4v) is 4.97. The summed E-state index contributed by atoms with van der Waals surface area (Å²) in [6.07, 6.45) is 8.42. The third-order valence-electron chi connectivity index (χ3n) is 4.67. The van der Waals surface area contributed by atoms with Gasteiger partial charge in [-0.25, -0.2) is 0 Å². The first-order valence-corrected chi connectivity index (χ1v) is 7.24. The SMILES string of the molecule is CNC1(NC)CCC2CCCCC2N1[SiH3]. The maximum atomic E-state index is 3.50. The van der Waals surface area contributed by atoms with Gasteiger partial charge in [0.2, 0.25) is 0 Å². The number of piperidine rings is 1. The predicted octanol–water partition coefficient (Wildman–Crippen LogP) is 0.0140. The van der Waals surface area contributed by atoms with Crippen molar-refractivity contribution in [1.29, 1.82) is 0 Å². The van der Waals surface area contributed by atoms with Crippen LogP contribution in [0.4, 0.5) is 0 Å². The lowest BCUT2D eigenvalue weighted by atomic mass is 9.77. The molecule has 1 saturated heterocycles. The highest BCUT2D eigenvalue weighted by Gasteiger charge is 2.43. The van der Waals surface area contributed by atoms with Gasteiger partial charge < -0.3 is 4.57 Å². The van der Waals surface area contributed by atoms with Crippen LogP contribution in [0.2, 0.25) is 0 Å². The van der Waals surface area contributed by atoms with Gasteiger partial charge in [0.15, 0.2) is 0 Å². The number of nitrogens with one attached hydrogen (secondary N) is 2. The van der Waals surface area contributed by atoms with Crippen molar-refractivity contribution in [3.63, 3.8) is 0 Å². The van der Waals surface area contributed by atoms with Crippen molar-refractivity contribution in [2.45, 2.75) is 50.4 Å². The Morgan fingerprint density at radius 1 is 1.13 bits per heavy atom. The minimum absolute atomic E-state index is 0.102. The molecule has 4 heteroatoms. The first kappa shape index (κ1) is 11.6. The van der Waals surface area contributed by atoms with Crippen molar-refractivity contribution in [1.82, 2.24) is 15.2 Å². The van der Waals surface area contributed by atoms with Gasteiger partial charge in [-0.05, 0) is 45.7 Å². The smallest absolute Gasteiger partial charge is 0.119 e. The average Bonchev–Trinajstić information content (AvgIpc) is 2.31. The molecule has 0 bridgehead atoms. The summed E-state index contributed by atoms with van der Waals surface area (Å²) >= 11 is 0. The van der Waals surface area contributed by atoms with Crippen molar-refractivity contribution < 1.29 is 0 Å². The molecule has 0 aromatic rings. The average molecular weight is 227 g/mol. The minimum atomic E-state index is 0.102. The molecule has 1 saturated carbocycles. The highest BCUT2D eigenvalue weighted by Crippen LogP contribution is 2.38. The van der Waals surface area contributed by atoms with E-state index in [2.05, 4.69) is 29.3 Å². The molecule has 15 heavy (non-hydrogen) atoms. The molecule has 0 aromatic heterocycles. The van der Waals surface area contributed by atoms with E-state index in [1.165, 1.54) is 38.5 Å². The lowest BCUT2D eigenvalue weighted by molar-refractivity contribution is -0.0159. The van der Waals surface area contributed by atoms with Crippen molar-refractivity contribution in [3.8, 4) is 0 Å².